The van der Waals surface area contributed by atoms with Gasteiger partial charge in [0, 0.05) is 6.54 Å². The zero-order chi connectivity index (χ0) is 39.4. The van der Waals surface area contributed by atoms with Crippen LogP contribution in [0.25, 0.3) is 0 Å². The van der Waals surface area contributed by atoms with Crippen LogP contribution in [-0.4, -0.2) is 26.3 Å². The molecule has 0 radical (unpaired) electrons. The zero-order valence-corrected chi connectivity index (χ0v) is 37.0. The first-order chi connectivity index (χ1) is 27.3. The van der Waals surface area contributed by atoms with Gasteiger partial charge in [-0.05, 0) is 108 Å². The molecule has 0 amide bonds. The Hall–Kier alpha value is -1.78. The molecule has 0 atom stereocenters. The number of nitrogens with one attached hydrogen (secondary N) is 1. The Morgan fingerprint density at radius 1 is 0.436 bits per heavy atom. The van der Waals surface area contributed by atoms with E-state index < -0.39 is 0 Å². The van der Waals surface area contributed by atoms with Crippen molar-refractivity contribution in [2.24, 2.45) is 5.73 Å². The molecule has 1 aromatic carbocycles. The van der Waals surface area contributed by atoms with Crippen LogP contribution in [0.5, 0.6) is 11.5 Å². The molecular formula is C51H94N2O2. The highest BCUT2D eigenvalue weighted by molar-refractivity contribution is 5.43. The molecule has 0 aliphatic heterocycles. The molecule has 0 aliphatic rings. The largest absolute Gasteiger partial charge is 0.490 e. The van der Waals surface area contributed by atoms with Crippen molar-refractivity contribution in [2.75, 3.05) is 26.3 Å². The van der Waals surface area contributed by atoms with Crippen LogP contribution in [0.4, 0.5) is 0 Å². The molecule has 0 aliphatic carbocycles. The molecule has 0 aromatic heterocycles. The van der Waals surface area contributed by atoms with Crippen LogP contribution in [0.2, 0.25) is 0 Å². The molecule has 4 heteroatoms. The molecule has 0 heterocycles. The maximum absolute atomic E-state index is 6.40. The zero-order valence-electron chi connectivity index (χ0n) is 37.0. The molecule has 0 spiro atoms. The monoisotopic (exact) mass is 767 g/mol. The lowest BCUT2D eigenvalue weighted by Crippen LogP contribution is -2.15. The number of rotatable bonds is 44. The summed E-state index contributed by atoms with van der Waals surface area (Å²) >= 11 is 0. The van der Waals surface area contributed by atoms with Crippen molar-refractivity contribution in [1.29, 1.82) is 0 Å². The fourth-order valence-corrected chi connectivity index (χ4v) is 7.29. The Balaban J connectivity index is 2.28. The van der Waals surface area contributed by atoms with E-state index in [0.29, 0.717) is 0 Å². The molecule has 1 aromatic rings. The minimum Gasteiger partial charge on any atom is -0.490 e. The lowest BCUT2D eigenvalue weighted by atomic mass is 10.1. The van der Waals surface area contributed by atoms with Crippen molar-refractivity contribution in [1.82, 2.24) is 5.32 Å². The molecule has 4 nitrogen and oxygen atoms in total. The summed E-state index contributed by atoms with van der Waals surface area (Å²) in [4.78, 5) is 0. The number of nitrogens with two attached hydrogens (primary N) is 1. The van der Waals surface area contributed by atoms with E-state index in [9.17, 15) is 0 Å². The maximum atomic E-state index is 6.40. The van der Waals surface area contributed by atoms with Crippen LogP contribution >= 0.6 is 0 Å². The topological polar surface area (TPSA) is 56.5 Å². The van der Waals surface area contributed by atoms with Crippen molar-refractivity contribution in [2.45, 2.75) is 239 Å². The highest BCUT2D eigenvalue weighted by Crippen LogP contribution is 2.29. The van der Waals surface area contributed by atoms with Crippen molar-refractivity contribution in [3.8, 4) is 11.5 Å². The molecule has 0 unspecified atom stereocenters. The van der Waals surface area contributed by atoms with Gasteiger partial charge in [0.1, 0.15) is 0 Å². The van der Waals surface area contributed by atoms with Gasteiger partial charge in [0.05, 0.1) is 13.2 Å². The Morgan fingerprint density at radius 3 is 1.27 bits per heavy atom. The number of hydrogen-bond acceptors (Lipinski definition) is 4. The second-order valence-corrected chi connectivity index (χ2v) is 16.4. The average Bonchev–Trinajstić information content (AvgIpc) is 3.20. The van der Waals surface area contributed by atoms with Gasteiger partial charge in [0.25, 0.3) is 0 Å². The van der Waals surface area contributed by atoms with Gasteiger partial charge in [-0.1, -0.05) is 185 Å². The van der Waals surface area contributed by atoms with Crippen LogP contribution in [-0.2, 0) is 6.54 Å². The quantitative estimate of drug-likeness (QED) is 0.0513. The van der Waals surface area contributed by atoms with E-state index in [1.165, 1.54) is 205 Å². The summed E-state index contributed by atoms with van der Waals surface area (Å²) in [5.41, 5.74) is 6.90. The SMILES string of the molecule is CCCCCCCC/C=C\CCCCCCCCOc1ccc(CNCCCCCCCCN)cc1OCCCCCCCC/C=C\CCCCCCCC. The molecule has 0 bridgehead atoms. The van der Waals surface area contributed by atoms with Gasteiger partial charge in [-0.15, -0.1) is 0 Å². The molecule has 3 N–H and O–H groups in total. The highest BCUT2D eigenvalue weighted by Gasteiger charge is 2.08. The van der Waals surface area contributed by atoms with E-state index in [2.05, 4.69) is 61.7 Å². The summed E-state index contributed by atoms with van der Waals surface area (Å²) < 4.78 is 12.7. The summed E-state index contributed by atoms with van der Waals surface area (Å²) in [5, 5.41) is 3.66. The van der Waals surface area contributed by atoms with E-state index in [-0.39, 0.29) is 0 Å². The van der Waals surface area contributed by atoms with Crippen molar-refractivity contribution in [3.63, 3.8) is 0 Å². The van der Waals surface area contributed by atoms with E-state index >= 15 is 0 Å². The van der Waals surface area contributed by atoms with Gasteiger partial charge in [0.15, 0.2) is 11.5 Å². The van der Waals surface area contributed by atoms with E-state index in [0.717, 1.165) is 63.6 Å². The minimum atomic E-state index is 0.771. The Bertz CT molecular complexity index is 960. The van der Waals surface area contributed by atoms with Gasteiger partial charge < -0.3 is 20.5 Å². The predicted octanol–water partition coefficient (Wildman–Crippen LogP) is 15.9. The molecule has 320 valence electrons. The predicted molar refractivity (Wildman–Crippen MR) is 245 cm³/mol. The Morgan fingerprint density at radius 2 is 0.818 bits per heavy atom. The van der Waals surface area contributed by atoms with Gasteiger partial charge >= 0.3 is 0 Å². The molecule has 0 saturated heterocycles. The van der Waals surface area contributed by atoms with E-state index in [4.69, 9.17) is 15.2 Å². The van der Waals surface area contributed by atoms with Gasteiger partial charge in [-0.2, -0.15) is 0 Å². The van der Waals surface area contributed by atoms with Gasteiger partial charge in [-0.3, -0.25) is 0 Å². The van der Waals surface area contributed by atoms with Crippen molar-refractivity contribution < 1.29 is 9.47 Å². The fourth-order valence-electron chi connectivity index (χ4n) is 7.29. The minimum absolute atomic E-state index is 0.771. The number of ether oxygens (including phenoxy) is 2. The molecule has 55 heavy (non-hydrogen) atoms. The standard InChI is InChI=1S/C51H94N2O2/c1-3-5-7-9-11-13-15-17-19-21-23-25-27-31-35-39-45-54-50-42-41-49(48-53-44-38-34-30-29-33-37-43-52)47-51(50)55-46-40-36-32-28-26-24-22-20-18-16-14-12-10-8-6-4-2/h17-20,41-42,47,53H,3-16,21-40,43-46,48,52H2,1-2H3/b19-17-,20-18-. The Kier molecular flexibility index (Phi) is 40.4. The van der Waals surface area contributed by atoms with E-state index in [1.54, 1.807) is 0 Å². The first kappa shape index (κ1) is 51.2. The Labute approximate surface area is 344 Å². The van der Waals surface area contributed by atoms with Crippen LogP contribution < -0.4 is 20.5 Å². The third-order valence-electron chi connectivity index (χ3n) is 11.0. The molecular weight excluding hydrogens is 673 g/mol. The summed E-state index contributed by atoms with van der Waals surface area (Å²) in [6, 6.07) is 6.58. The summed E-state index contributed by atoms with van der Waals surface area (Å²) in [6.45, 7) is 8.90. The van der Waals surface area contributed by atoms with Crippen LogP contribution in [0.3, 0.4) is 0 Å². The normalized spacial score (nSPS) is 11.8. The number of hydrogen-bond donors (Lipinski definition) is 2. The van der Waals surface area contributed by atoms with Gasteiger partial charge in [0.2, 0.25) is 0 Å². The van der Waals surface area contributed by atoms with Gasteiger partial charge in [-0.25, -0.2) is 0 Å². The van der Waals surface area contributed by atoms with Crippen LogP contribution in [0.15, 0.2) is 42.5 Å². The smallest absolute Gasteiger partial charge is 0.161 e. The number of benzene rings is 1. The van der Waals surface area contributed by atoms with Crippen molar-refractivity contribution >= 4 is 0 Å². The third-order valence-corrected chi connectivity index (χ3v) is 11.0. The fraction of sp³-hybridized carbons (Fsp3) is 0.804. The molecule has 0 fully saturated rings. The summed E-state index contributed by atoms with van der Waals surface area (Å²) in [6.07, 6.45) is 54.4. The van der Waals surface area contributed by atoms with Crippen LogP contribution in [0, 0.1) is 0 Å². The number of allylic oxidation sites excluding steroid dienone is 4. The maximum Gasteiger partial charge on any atom is 0.161 e. The lowest BCUT2D eigenvalue weighted by molar-refractivity contribution is 0.258. The van der Waals surface area contributed by atoms with E-state index in [1.807, 2.05) is 0 Å². The second-order valence-electron chi connectivity index (χ2n) is 16.4. The first-order valence-corrected chi connectivity index (χ1v) is 24.4. The third kappa shape index (κ3) is 36.3. The number of unbranched alkanes of at least 4 members (excludes halogenated alkanes) is 29. The first-order valence-electron chi connectivity index (χ1n) is 24.4. The molecule has 0 saturated carbocycles. The highest BCUT2D eigenvalue weighted by atomic mass is 16.5. The van der Waals surface area contributed by atoms with Crippen molar-refractivity contribution in [3.05, 3.63) is 48.1 Å². The van der Waals surface area contributed by atoms with Crippen LogP contribution in [0.1, 0.15) is 238 Å². The molecule has 1 rings (SSSR count). The summed E-state index contributed by atoms with van der Waals surface area (Å²) in [7, 11) is 0. The lowest BCUT2D eigenvalue weighted by Gasteiger charge is -2.15. The average molecular weight is 767 g/mol. The second kappa shape index (κ2) is 43.3. The summed E-state index contributed by atoms with van der Waals surface area (Å²) in [5.74, 6) is 1.84.